The van der Waals surface area contributed by atoms with E-state index in [1.165, 1.54) is 12.1 Å². The van der Waals surface area contributed by atoms with Crippen LogP contribution in [-0.2, 0) is 14.8 Å². The molecule has 1 N–H and O–H groups in total. The maximum absolute atomic E-state index is 12.6. The summed E-state index contributed by atoms with van der Waals surface area (Å²) in [5.74, 6) is 1.05. The second kappa shape index (κ2) is 8.09. The van der Waals surface area contributed by atoms with E-state index in [1.54, 1.807) is 6.07 Å². The lowest BCUT2D eigenvalue weighted by Crippen LogP contribution is -3.00. The largest absolute Gasteiger partial charge is 1.00 e. The summed E-state index contributed by atoms with van der Waals surface area (Å²) in [5, 5.41) is 0. The minimum atomic E-state index is -3.61. The molecule has 2 aliphatic heterocycles. The zero-order valence-electron chi connectivity index (χ0n) is 14.5. The number of nitrogens with zero attached hydrogens (tertiary/aromatic N) is 1. The third-order valence-electron chi connectivity index (χ3n) is 4.39. The normalized spacial score (nSPS) is 18.5. The first-order chi connectivity index (χ1) is 11.4. The van der Waals surface area contributed by atoms with E-state index in [0.29, 0.717) is 44.5 Å². The molecular formula is C16H24ClN2O5S-. The van der Waals surface area contributed by atoms with Gasteiger partial charge < -0.3 is 26.6 Å². The first-order valence-electron chi connectivity index (χ1n) is 8.11. The van der Waals surface area contributed by atoms with Gasteiger partial charge in [0.05, 0.1) is 18.1 Å². The van der Waals surface area contributed by atoms with Crippen molar-refractivity contribution >= 4 is 10.0 Å². The van der Waals surface area contributed by atoms with Crippen molar-refractivity contribution in [1.29, 1.82) is 0 Å². The van der Waals surface area contributed by atoms with E-state index < -0.39 is 10.0 Å². The van der Waals surface area contributed by atoms with Crippen LogP contribution in [0.3, 0.4) is 0 Å². The quantitative estimate of drug-likeness (QED) is 0.617. The van der Waals surface area contributed by atoms with Gasteiger partial charge in [-0.2, -0.15) is 0 Å². The summed E-state index contributed by atoms with van der Waals surface area (Å²) in [5.41, 5.74) is -0.287. The molecule has 25 heavy (non-hydrogen) atoms. The first kappa shape index (κ1) is 20.3. The van der Waals surface area contributed by atoms with E-state index in [0.717, 1.165) is 13.1 Å². The molecule has 142 valence electrons. The van der Waals surface area contributed by atoms with Crippen LogP contribution in [0.25, 0.3) is 0 Å². The number of halogens is 1. The number of rotatable bonds is 5. The van der Waals surface area contributed by atoms with Gasteiger partial charge in [-0.3, -0.25) is 4.90 Å². The summed E-state index contributed by atoms with van der Waals surface area (Å²) >= 11 is 0. The molecule has 0 unspecified atom stereocenters. The van der Waals surface area contributed by atoms with Gasteiger partial charge in [0.15, 0.2) is 11.5 Å². The van der Waals surface area contributed by atoms with Crippen molar-refractivity contribution in [1.82, 2.24) is 9.62 Å². The minimum Gasteiger partial charge on any atom is -1.00 e. The van der Waals surface area contributed by atoms with E-state index in [-0.39, 0.29) is 22.8 Å². The van der Waals surface area contributed by atoms with Crippen LogP contribution in [-0.4, -0.2) is 64.9 Å². The van der Waals surface area contributed by atoms with Crippen molar-refractivity contribution < 1.29 is 35.0 Å². The number of hydrogen-bond acceptors (Lipinski definition) is 6. The third kappa shape index (κ3) is 4.77. The lowest BCUT2D eigenvalue weighted by Gasteiger charge is -2.40. The molecule has 0 radical (unpaired) electrons. The highest BCUT2D eigenvalue weighted by atomic mass is 35.5. The van der Waals surface area contributed by atoms with Gasteiger partial charge in [-0.25, -0.2) is 13.1 Å². The predicted molar refractivity (Wildman–Crippen MR) is 89.1 cm³/mol. The monoisotopic (exact) mass is 391 g/mol. The fraction of sp³-hybridized carbons (Fsp3) is 0.625. The Labute approximate surface area is 155 Å². The van der Waals surface area contributed by atoms with Crippen LogP contribution in [0, 0.1) is 0 Å². The number of fused-ring (bicyclic) bond motifs is 1. The Hall–Kier alpha value is -1.06. The maximum Gasteiger partial charge on any atom is 0.240 e. The Morgan fingerprint density at radius 2 is 1.72 bits per heavy atom. The lowest BCUT2D eigenvalue weighted by molar-refractivity contribution is -0.00803. The highest BCUT2D eigenvalue weighted by Gasteiger charge is 2.30. The SMILES string of the molecule is CC(C)(CNS(=O)(=O)c1ccc2c(c1)OCCO2)N1CCOCC1.[Cl-]. The Morgan fingerprint density at radius 1 is 1.08 bits per heavy atom. The van der Waals surface area contributed by atoms with Crippen molar-refractivity contribution in [3.63, 3.8) is 0 Å². The van der Waals surface area contributed by atoms with Crippen LogP contribution in [0.15, 0.2) is 23.1 Å². The molecule has 0 aliphatic carbocycles. The zero-order chi connectivity index (χ0) is 17.2. The molecule has 1 aromatic carbocycles. The Morgan fingerprint density at radius 3 is 2.40 bits per heavy atom. The maximum atomic E-state index is 12.6. The molecule has 1 aromatic rings. The molecule has 9 heteroatoms. The van der Waals surface area contributed by atoms with E-state index in [1.807, 2.05) is 13.8 Å². The molecule has 0 atom stereocenters. The molecule has 0 amide bonds. The van der Waals surface area contributed by atoms with E-state index >= 15 is 0 Å². The molecule has 0 bridgehead atoms. The van der Waals surface area contributed by atoms with Crippen LogP contribution in [0.4, 0.5) is 0 Å². The van der Waals surface area contributed by atoms with E-state index in [2.05, 4.69) is 9.62 Å². The van der Waals surface area contributed by atoms with Crippen molar-refractivity contribution in [3.05, 3.63) is 18.2 Å². The third-order valence-corrected chi connectivity index (χ3v) is 5.78. The molecule has 2 heterocycles. The molecule has 1 saturated heterocycles. The second-order valence-electron chi connectivity index (χ2n) is 6.54. The van der Waals surface area contributed by atoms with Crippen molar-refractivity contribution in [2.24, 2.45) is 0 Å². The molecule has 0 spiro atoms. The van der Waals surface area contributed by atoms with Gasteiger partial charge in [0.1, 0.15) is 13.2 Å². The van der Waals surface area contributed by atoms with Crippen LogP contribution in [0.5, 0.6) is 11.5 Å². The smallest absolute Gasteiger partial charge is 0.240 e. The summed E-state index contributed by atoms with van der Waals surface area (Å²) in [6, 6.07) is 4.69. The number of morpholine rings is 1. The number of hydrogen-bond donors (Lipinski definition) is 1. The molecule has 0 aromatic heterocycles. The highest BCUT2D eigenvalue weighted by Crippen LogP contribution is 2.32. The number of sulfonamides is 1. The fourth-order valence-electron chi connectivity index (χ4n) is 2.83. The van der Waals surface area contributed by atoms with Crippen LogP contribution < -0.4 is 26.6 Å². The average Bonchev–Trinajstić information content (AvgIpc) is 2.60. The van der Waals surface area contributed by atoms with Gasteiger partial charge in [-0.05, 0) is 26.0 Å². The average molecular weight is 392 g/mol. The number of nitrogens with one attached hydrogen (secondary N) is 1. The molecule has 7 nitrogen and oxygen atoms in total. The van der Waals surface area contributed by atoms with Crippen molar-refractivity contribution in [2.45, 2.75) is 24.3 Å². The van der Waals surface area contributed by atoms with Crippen LogP contribution in [0.1, 0.15) is 13.8 Å². The topological polar surface area (TPSA) is 77.1 Å². The molecule has 3 rings (SSSR count). The summed E-state index contributed by atoms with van der Waals surface area (Å²) in [6.45, 7) is 8.26. The Kier molecular flexibility index (Phi) is 6.56. The number of benzene rings is 1. The minimum absolute atomic E-state index is 0. The van der Waals surface area contributed by atoms with Gasteiger partial charge in [0.25, 0.3) is 0 Å². The predicted octanol–water partition coefficient (Wildman–Crippen LogP) is -2.15. The Bertz CT molecular complexity index is 690. The second-order valence-corrected chi connectivity index (χ2v) is 8.31. The number of ether oxygens (including phenoxy) is 3. The van der Waals surface area contributed by atoms with Crippen LogP contribution in [0.2, 0.25) is 0 Å². The molecule has 0 saturated carbocycles. The summed E-state index contributed by atoms with van der Waals surface area (Å²) in [4.78, 5) is 2.42. The van der Waals surface area contributed by atoms with Gasteiger partial charge in [-0.1, -0.05) is 0 Å². The molecule has 2 aliphatic rings. The van der Waals surface area contributed by atoms with Crippen molar-refractivity contribution in [2.75, 3.05) is 46.1 Å². The fourth-order valence-corrected chi connectivity index (χ4v) is 4.05. The van der Waals surface area contributed by atoms with Crippen LogP contribution >= 0.6 is 0 Å². The standard InChI is InChI=1S/C16H24N2O5S.ClH/c1-16(2,18-5-7-21-8-6-18)12-17-24(19,20)13-3-4-14-15(11-13)23-10-9-22-14;/h3-4,11,17H,5-10,12H2,1-2H3;1H/p-1. The Balaban J connectivity index is 0.00000225. The van der Waals surface area contributed by atoms with Crippen molar-refractivity contribution in [3.8, 4) is 11.5 Å². The summed E-state index contributed by atoms with van der Waals surface area (Å²) in [6.07, 6.45) is 0. The first-order valence-corrected chi connectivity index (χ1v) is 9.59. The van der Waals surface area contributed by atoms with Gasteiger partial charge in [0.2, 0.25) is 10.0 Å². The van der Waals surface area contributed by atoms with E-state index in [4.69, 9.17) is 14.2 Å². The molecule has 1 fully saturated rings. The molecular weight excluding hydrogens is 368 g/mol. The van der Waals surface area contributed by atoms with E-state index in [9.17, 15) is 8.42 Å². The summed E-state index contributed by atoms with van der Waals surface area (Å²) in [7, 11) is -3.61. The summed E-state index contributed by atoms with van der Waals surface area (Å²) < 4.78 is 44.1. The highest BCUT2D eigenvalue weighted by molar-refractivity contribution is 7.89. The van der Waals surface area contributed by atoms with Gasteiger partial charge >= 0.3 is 0 Å². The zero-order valence-corrected chi connectivity index (χ0v) is 16.0. The lowest BCUT2D eigenvalue weighted by atomic mass is 10.0. The van der Waals surface area contributed by atoms with Gasteiger partial charge in [0, 0.05) is 31.2 Å². The van der Waals surface area contributed by atoms with Gasteiger partial charge in [-0.15, -0.1) is 0 Å².